The zero-order valence-corrected chi connectivity index (χ0v) is 17.5. The summed E-state index contributed by atoms with van der Waals surface area (Å²) >= 11 is 0. The Labute approximate surface area is 189 Å². The van der Waals surface area contributed by atoms with Gasteiger partial charge in [0, 0.05) is 33.5 Å². The van der Waals surface area contributed by atoms with E-state index in [9.17, 15) is 17.6 Å². The van der Waals surface area contributed by atoms with Gasteiger partial charge in [0.05, 0.1) is 7.11 Å². The second-order valence-corrected chi connectivity index (χ2v) is 7.65. The molecule has 170 valence electrons. The zero-order chi connectivity index (χ0) is 24.1. The Kier molecular flexibility index (Phi) is 5.20. The van der Waals surface area contributed by atoms with Crippen molar-refractivity contribution in [2.45, 2.75) is 0 Å². The molecule has 0 saturated carbocycles. The first kappa shape index (κ1) is 21.8. The molecule has 0 aliphatic rings. The Morgan fingerprint density at radius 3 is 1.71 bits per heavy atom. The molecule has 0 aromatic heterocycles. The molecule has 5 aromatic rings. The van der Waals surface area contributed by atoms with Crippen molar-refractivity contribution in [3.8, 4) is 28.0 Å². The summed E-state index contributed by atoms with van der Waals surface area (Å²) in [6.45, 7) is 0. The van der Waals surface area contributed by atoms with Gasteiger partial charge in [0.1, 0.15) is 17.4 Å². The van der Waals surface area contributed by atoms with Gasteiger partial charge in [-0.05, 0) is 40.6 Å². The summed E-state index contributed by atoms with van der Waals surface area (Å²) in [6, 6.07) is 15.2. The van der Waals surface area contributed by atoms with Crippen LogP contribution in [0.5, 0.6) is 5.75 Å². The zero-order valence-electron chi connectivity index (χ0n) is 17.5. The smallest absolute Gasteiger partial charge is 0.198 e. The van der Waals surface area contributed by atoms with Crippen LogP contribution in [0.3, 0.4) is 0 Å². The fraction of sp³-hybridized carbons (Fsp3) is 0.0370. The lowest BCUT2D eigenvalue weighted by Crippen LogP contribution is -2.03. The molecule has 5 aromatic carbocycles. The van der Waals surface area contributed by atoms with E-state index in [1.165, 1.54) is 13.2 Å². The van der Waals surface area contributed by atoms with E-state index in [1.54, 1.807) is 42.5 Å². The van der Waals surface area contributed by atoms with Gasteiger partial charge in [-0.1, -0.05) is 36.4 Å². The SMILES string of the molecule is COc1ccc(-c2c3ccccc3c(-c3ccc(F)cc3F)c3c(F)c(F)c(F)c(F)c23)cc1. The average molecular weight is 468 g/mol. The van der Waals surface area contributed by atoms with E-state index in [2.05, 4.69) is 0 Å². The molecule has 1 nitrogen and oxygen atoms in total. The van der Waals surface area contributed by atoms with Crippen LogP contribution in [-0.4, -0.2) is 7.11 Å². The van der Waals surface area contributed by atoms with E-state index < -0.39 is 45.7 Å². The van der Waals surface area contributed by atoms with Gasteiger partial charge >= 0.3 is 0 Å². The van der Waals surface area contributed by atoms with Gasteiger partial charge in [0.2, 0.25) is 0 Å². The van der Waals surface area contributed by atoms with E-state index in [4.69, 9.17) is 4.74 Å². The van der Waals surface area contributed by atoms with Gasteiger partial charge in [-0.25, -0.2) is 26.3 Å². The summed E-state index contributed by atoms with van der Waals surface area (Å²) in [5.74, 6) is -8.75. The first-order valence-electron chi connectivity index (χ1n) is 10.1. The highest BCUT2D eigenvalue weighted by atomic mass is 19.2. The van der Waals surface area contributed by atoms with Crippen LogP contribution in [0.4, 0.5) is 26.3 Å². The Balaban J connectivity index is 2.08. The predicted octanol–water partition coefficient (Wildman–Crippen LogP) is 8.17. The molecule has 0 unspecified atom stereocenters. The van der Waals surface area contributed by atoms with Crippen LogP contribution in [0.25, 0.3) is 43.8 Å². The van der Waals surface area contributed by atoms with E-state index >= 15 is 8.78 Å². The largest absolute Gasteiger partial charge is 0.497 e. The summed E-state index contributed by atoms with van der Waals surface area (Å²) in [5.41, 5.74) is -0.0314. The van der Waals surface area contributed by atoms with Crippen LogP contribution in [0.1, 0.15) is 0 Å². The molecular formula is C27H14F6O. The molecule has 34 heavy (non-hydrogen) atoms. The summed E-state index contributed by atoms with van der Waals surface area (Å²) in [6.07, 6.45) is 0. The lowest BCUT2D eigenvalue weighted by Gasteiger charge is -2.19. The maximum Gasteiger partial charge on any atom is 0.198 e. The minimum Gasteiger partial charge on any atom is -0.497 e. The molecular weight excluding hydrogens is 454 g/mol. The molecule has 0 radical (unpaired) electrons. The quantitative estimate of drug-likeness (QED) is 0.112. The van der Waals surface area contributed by atoms with Crippen molar-refractivity contribution in [2.24, 2.45) is 0 Å². The Bertz CT molecular complexity index is 1590. The summed E-state index contributed by atoms with van der Waals surface area (Å²) in [5, 5.41) is -0.621. The molecule has 5 rings (SSSR count). The monoisotopic (exact) mass is 468 g/mol. The predicted molar refractivity (Wildman–Crippen MR) is 119 cm³/mol. The third-order valence-electron chi connectivity index (χ3n) is 5.81. The van der Waals surface area contributed by atoms with Crippen LogP contribution in [0.2, 0.25) is 0 Å². The van der Waals surface area contributed by atoms with E-state index in [0.717, 1.165) is 12.1 Å². The maximum absolute atomic E-state index is 15.4. The van der Waals surface area contributed by atoms with Crippen LogP contribution < -0.4 is 4.74 Å². The van der Waals surface area contributed by atoms with Gasteiger partial charge in [-0.2, -0.15) is 0 Å². The molecule has 0 amide bonds. The molecule has 0 heterocycles. The van der Waals surface area contributed by atoms with Gasteiger partial charge in [-0.15, -0.1) is 0 Å². The second-order valence-electron chi connectivity index (χ2n) is 7.65. The lowest BCUT2D eigenvalue weighted by molar-refractivity contribution is 0.415. The highest BCUT2D eigenvalue weighted by Gasteiger charge is 2.29. The number of methoxy groups -OCH3 is 1. The highest BCUT2D eigenvalue weighted by Crippen LogP contribution is 2.47. The normalized spacial score (nSPS) is 11.4. The molecule has 0 aliphatic carbocycles. The molecule has 0 N–H and O–H groups in total. The van der Waals surface area contributed by atoms with E-state index in [-0.39, 0.29) is 22.1 Å². The summed E-state index contributed by atoms with van der Waals surface area (Å²) in [4.78, 5) is 0. The van der Waals surface area contributed by atoms with Crippen molar-refractivity contribution in [3.63, 3.8) is 0 Å². The fourth-order valence-electron chi connectivity index (χ4n) is 4.32. The molecule has 0 spiro atoms. The summed E-state index contributed by atoms with van der Waals surface area (Å²) < 4.78 is 93.2. The average Bonchev–Trinajstić information content (AvgIpc) is 2.85. The van der Waals surface area contributed by atoms with Crippen molar-refractivity contribution in [1.29, 1.82) is 0 Å². The van der Waals surface area contributed by atoms with Crippen LogP contribution >= 0.6 is 0 Å². The summed E-state index contributed by atoms with van der Waals surface area (Å²) in [7, 11) is 1.46. The van der Waals surface area contributed by atoms with Gasteiger partial charge in [0.15, 0.2) is 23.3 Å². The maximum atomic E-state index is 15.4. The van der Waals surface area contributed by atoms with Crippen molar-refractivity contribution in [1.82, 2.24) is 0 Å². The van der Waals surface area contributed by atoms with Crippen LogP contribution in [-0.2, 0) is 0 Å². The molecule has 7 heteroatoms. The number of hydrogen-bond donors (Lipinski definition) is 0. The minimum absolute atomic E-state index is 0.0924. The van der Waals surface area contributed by atoms with E-state index in [1.807, 2.05) is 0 Å². The number of fused-ring (bicyclic) bond motifs is 2. The first-order chi connectivity index (χ1) is 16.3. The Morgan fingerprint density at radius 1 is 0.588 bits per heavy atom. The number of rotatable bonds is 3. The Morgan fingerprint density at radius 2 is 1.15 bits per heavy atom. The van der Waals surface area contributed by atoms with Crippen LogP contribution in [0.15, 0.2) is 66.7 Å². The number of hydrogen-bond acceptors (Lipinski definition) is 1. The molecule has 0 atom stereocenters. The van der Waals surface area contributed by atoms with Crippen molar-refractivity contribution in [3.05, 3.63) is 102 Å². The van der Waals surface area contributed by atoms with Crippen LogP contribution in [0, 0.1) is 34.9 Å². The van der Waals surface area contributed by atoms with Crippen molar-refractivity contribution < 1.29 is 31.1 Å². The highest BCUT2D eigenvalue weighted by molar-refractivity contribution is 6.21. The topological polar surface area (TPSA) is 9.23 Å². The third-order valence-corrected chi connectivity index (χ3v) is 5.81. The van der Waals surface area contributed by atoms with Gasteiger partial charge in [0.25, 0.3) is 0 Å². The Hall–Kier alpha value is -4.00. The minimum atomic E-state index is -2.02. The molecule has 0 fully saturated rings. The number of ether oxygens (including phenoxy) is 1. The molecule has 0 bridgehead atoms. The standard InChI is InChI=1S/C27H14F6O/c1-34-15-9-6-13(7-10-15)20-16-4-2-3-5-17(16)21(18-11-8-14(28)12-19(18)29)23-22(20)24(30)26(32)27(33)25(23)31/h2-12H,1H3. The lowest BCUT2D eigenvalue weighted by atomic mass is 9.85. The number of benzene rings is 5. The van der Waals surface area contributed by atoms with E-state index in [0.29, 0.717) is 22.8 Å². The second kappa shape index (κ2) is 8.09. The third kappa shape index (κ3) is 3.19. The number of halogens is 6. The van der Waals surface area contributed by atoms with Crippen molar-refractivity contribution in [2.75, 3.05) is 7.11 Å². The first-order valence-corrected chi connectivity index (χ1v) is 10.1. The van der Waals surface area contributed by atoms with Gasteiger partial charge < -0.3 is 4.74 Å². The fourth-order valence-corrected chi connectivity index (χ4v) is 4.32. The molecule has 0 aliphatic heterocycles. The molecule has 0 saturated heterocycles. The van der Waals surface area contributed by atoms with Gasteiger partial charge in [-0.3, -0.25) is 0 Å². The van der Waals surface area contributed by atoms with Crippen molar-refractivity contribution >= 4 is 21.5 Å².